The van der Waals surface area contributed by atoms with E-state index in [0.29, 0.717) is 5.92 Å². The van der Waals surface area contributed by atoms with Gasteiger partial charge in [-0.15, -0.1) is 0 Å². The third-order valence-corrected chi connectivity index (χ3v) is 5.62. The van der Waals surface area contributed by atoms with E-state index in [1.165, 1.54) is 96.3 Å². The van der Waals surface area contributed by atoms with Crippen molar-refractivity contribution in [3.05, 3.63) is 12.3 Å². The minimum absolute atomic E-state index is 0.673. The lowest BCUT2D eigenvalue weighted by Gasteiger charge is -2.21. The quantitative estimate of drug-likeness (QED) is 0.463. The highest BCUT2D eigenvalue weighted by Crippen LogP contribution is 2.27. The van der Waals surface area contributed by atoms with Crippen LogP contribution in [0.4, 0.5) is 0 Å². The summed E-state index contributed by atoms with van der Waals surface area (Å²) in [5.74, 6) is 1.54. The normalized spacial score (nSPS) is 22.3. The minimum atomic E-state index is 0.673. The Hall–Kier alpha value is -0.590. The van der Waals surface area contributed by atoms with Crippen LogP contribution in [0.1, 0.15) is 117 Å². The Bertz CT molecular complexity index is 322. The zero-order valence-corrected chi connectivity index (χ0v) is 16.9. The minimum Gasteiger partial charge on any atom is -0.267 e. The van der Waals surface area contributed by atoms with Crippen LogP contribution in [-0.2, 0) is 0 Å². The SMILES string of the molecule is CC(C)=NC=CC(C)C1CCCCCCCCCCCCCCC1. The second-order valence-corrected chi connectivity index (χ2v) is 8.21. The lowest BCUT2D eigenvalue weighted by atomic mass is 9.84. The van der Waals surface area contributed by atoms with Gasteiger partial charge in [-0.2, -0.15) is 0 Å². The maximum atomic E-state index is 4.44. The standard InChI is InChI=1S/C23H43N/c1-21(2)24-20-19-22(3)23-17-15-13-11-9-7-5-4-6-8-10-12-14-16-18-23/h19-20,22-23H,4-18H2,1-3H3. The van der Waals surface area contributed by atoms with Gasteiger partial charge in [-0.1, -0.05) is 96.5 Å². The molecule has 1 saturated carbocycles. The average molecular weight is 334 g/mol. The largest absolute Gasteiger partial charge is 0.267 e. The summed E-state index contributed by atoms with van der Waals surface area (Å²) in [6.07, 6.45) is 26.2. The lowest BCUT2D eigenvalue weighted by molar-refractivity contribution is 0.335. The fourth-order valence-electron chi connectivity index (χ4n) is 3.91. The monoisotopic (exact) mass is 333 g/mol. The molecule has 0 radical (unpaired) electrons. The summed E-state index contributed by atoms with van der Waals surface area (Å²) >= 11 is 0. The Kier molecular flexibility index (Phi) is 13.2. The number of allylic oxidation sites excluding steroid dienone is 1. The molecule has 1 aliphatic carbocycles. The summed E-state index contributed by atoms with van der Waals surface area (Å²) in [6, 6.07) is 0. The third-order valence-electron chi connectivity index (χ3n) is 5.62. The van der Waals surface area contributed by atoms with Crippen molar-refractivity contribution in [3.63, 3.8) is 0 Å². The Labute approximate surface area is 152 Å². The van der Waals surface area contributed by atoms with Crippen LogP contribution in [0.2, 0.25) is 0 Å². The first kappa shape index (κ1) is 21.5. The predicted molar refractivity (Wildman–Crippen MR) is 110 cm³/mol. The highest BCUT2D eigenvalue weighted by Gasteiger charge is 2.14. The molecule has 0 aromatic rings. The number of nitrogens with zero attached hydrogens (tertiary/aromatic N) is 1. The van der Waals surface area contributed by atoms with E-state index in [4.69, 9.17) is 0 Å². The van der Waals surface area contributed by atoms with Gasteiger partial charge in [-0.05, 0) is 38.5 Å². The zero-order chi connectivity index (χ0) is 17.5. The first-order valence-corrected chi connectivity index (χ1v) is 10.9. The molecule has 0 amide bonds. The van der Waals surface area contributed by atoms with E-state index >= 15 is 0 Å². The van der Waals surface area contributed by atoms with E-state index in [-0.39, 0.29) is 0 Å². The van der Waals surface area contributed by atoms with Crippen LogP contribution in [-0.4, -0.2) is 5.71 Å². The fraction of sp³-hybridized carbons (Fsp3) is 0.870. The van der Waals surface area contributed by atoms with Gasteiger partial charge in [0.1, 0.15) is 0 Å². The summed E-state index contributed by atoms with van der Waals surface area (Å²) in [7, 11) is 0. The first-order valence-electron chi connectivity index (χ1n) is 10.9. The van der Waals surface area contributed by atoms with Gasteiger partial charge in [0.25, 0.3) is 0 Å². The van der Waals surface area contributed by atoms with Crippen LogP contribution in [0.5, 0.6) is 0 Å². The fourth-order valence-corrected chi connectivity index (χ4v) is 3.91. The predicted octanol–water partition coefficient (Wildman–Crippen LogP) is 8.10. The van der Waals surface area contributed by atoms with E-state index in [2.05, 4.69) is 31.8 Å². The van der Waals surface area contributed by atoms with Crippen LogP contribution in [0.25, 0.3) is 0 Å². The molecule has 1 aliphatic rings. The van der Waals surface area contributed by atoms with Gasteiger partial charge in [0.15, 0.2) is 0 Å². The second-order valence-electron chi connectivity index (χ2n) is 8.21. The second kappa shape index (κ2) is 14.7. The molecule has 1 rings (SSSR count). The van der Waals surface area contributed by atoms with Crippen molar-refractivity contribution >= 4 is 5.71 Å². The van der Waals surface area contributed by atoms with Gasteiger partial charge < -0.3 is 0 Å². The maximum Gasteiger partial charge on any atom is 0.0229 e. The molecule has 1 unspecified atom stereocenters. The molecule has 0 aliphatic heterocycles. The molecule has 0 heterocycles. The molecule has 1 fully saturated rings. The number of hydrogen-bond donors (Lipinski definition) is 0. The number of aliphatic imine (C=N–C) groups is 1. The highest BCUT2D eigenvalue weighted by molar-refractivity contribution is 5.79. The van der Waals surface area contributed by atoms with E-state index in [9.17, 15) is 0 Å². The number of hydrogen-bond acceptors (Lipinski definition) is 1. The Morgan fingerprint density at radius 3 is 1.46 bits per heavy atom. The summed E-state index contributed by atoms with van der Waals surface area (Å²) < 4.78 is 0. The van der Waals surface area contributed by atoms with Crippen LogP contribution in [0.3, 0.4) is 0 Å². The molecular weight excluding hydrogens is 290 g/mol. The first-order chi connectivity index (χ1) is 11.7. The number of rotatable bonds is 3. The van der Waals surface area contributed by atoms with Crippen LogP contribution in [0, 0.1) is 11.8 Å². The molecule has 1 nitrogen and oxygen atoms in total. The summed E-state index contributed by atoms with van der Waals surface area (Å²) in [4.78, 5) is 4.44. The van der Waals surface area contributed by atoms with E-state index in [1.54, 1.807) is 0 Å². The smallest absolute Gasteiger partial charge is 0.0229 e. The van der Waals surface area contributed by atoms with Gasteiger partial charge in [-0.25, -0.2) is 0 Å². The molecule has 0 saturated heterocycles. The van der Waals surface area contributed by atoms with Crippen LogP contribution >= 0.6 is 0 Å². The van der Waals surface area contributed by atoms with Crippen molar-refractivity contribution in [3.8, 4) is 0 Å². The summed E-state index contributed by atoms with van der Waals surface area (Å²) in [5.41, 5.74) is 1.15. The topological polar surface area (TPSA) is 12.4 Å². The van der Waals surface area contributed by atoms with Crippen molar-refractivity contribution in [2.24, 2.45) is 16.8 Å². The molecule has 0 aromatic carbocycles. The van der Waals surface area contributed by atoms with Gasteiger partial charge in [0.05, 0.1) is 0 Å². The van der Waals surface area contributed by atoms with Crippen molar-refractivity contribution in [2.45, 2.75) is 117 Å². The third kappa shape index (κ3) is 11.9. The molecule has 0 bridgehead atoms. The molecule has 0 N–H and O–H groups in total. The molecule has 0 aromatic heterocycles. The van der Waals surface area contributed by atoms with Crippen LogP contribution < -0.4 is 0 Å². The van der Waals surface area contributed by atoms with Gasteiger partial charge >= 0.3 is 0 Å². The molecule has 1 atom stereocenters. The van der Waals surface area contributed by atoms with Crippen molar-refractivity contribution in [1.29, 1.82) is 0 Å². The average Bonchev–Trinajstić information content (AvgIpc) is 2.54. The lowest BCUT2D eigenvalue weighted by Crippen LogP contribution is -2.10. The highest BCUT2D eigenvalue weighted by atomic mass is 14.7. The van der Waals surface area contributed by atoms with E-state index in [1.807, 2.05) is 6.20 Å². The Morgan fingerprint density at radius 2 is 1.08 bits per heavy atom. The van der Waals surface area contributed by atoms with Crippen molar-refractivity contribution in [1.82, 2.24) is 0 Å². The molecule has 140 valence electrons. The van der Waals surface area contributed by atoms with E-state index in [0.717, 1.165) is 11.6 Å². The summed E-state index contributed by atoms with van der Waals surface area (Å²) in [6.45, 7) is 6.54. The van der Waals surface area contributed by atoms with Crippen LogP contribution in [0.15, 0.2) is 17.3 Å². The van der Waals surface area contributed by atoms with Gasteiger partial charge in [0.2, 0.25) is 0 Å². The molecule has 1 heteroatoms. The molecule has 0 spiro atoms. The summed E-state index contributed by atoms with van der Waals surface area (Å²) in [5, 5.41) is 0. The molecule has 24 heavy (non-hydrogen) atoms. The Morgan fingerprint density at radius 1 is 0.708 bits per heavy atom. The molecular formula is C23H43N. The van der Waals surface area contributed by atoms with Gasteiger partial charge in [0, 0.05) is 11.9 Å². The zero-order valence-electron chi connectivity index (χ0n) is 16.9. The van der Waals surface area contributed by atoms with Crippen molar-refractivity contribution < 1.29 is 0 Å². The van der Waals surface area contributed by atoms with Crippen molar-refractivity contribution in [2.75, 3.05) is 0 Å². The Balaban J connectivity index is 2.43. The maximum absolute atomic E-state index is 4.44. The van der Waals surface area contributed by atoms with Gasteiger partial charge in [-0.3, -0.25) is 4.99 Å². The van der Waals surface area contributed by atoms with E-state index < -0.39 is 0 Å².